The maximum Gasteiger partial charge on any atom is 0.272 e. The Morgan fingerprint density at radius 3 is 2.72 bits per heavy atom. The number of hydrogen-bond donors (Lipinski definition) is 1. The first-order valence-corrected chi connectivity index (χ1v) is 8.54. The van der Waals surface area contributed by atoms with Crippen molar-refractivity contribution >= 4 is 29.4 Å². The summed E-state index contributed by atoms with van der Waals surface area (Å²) in [5, 5.41) is 4.45. The Bertz CT molecular complexity index is 786. The van der Waals surface area contributed by atoms with Crippen LogP contribution < -0.4 is 10.3 Å². The second-order valence-electron chi connectivity index (χ2n) is 5.82. The zero-order chi connectivity index (χ0) is 17.6. The molecular formula is C19H20ClN3O2. The molecule has 0 radical (unpaired) electrons. The minimum Gasteiger partial charge on any atom is -0.378 e. The number of carbonyl (C=O) groups is 1. The van der Waals surface area contributed by atoms with Gasteiger partial charge >= 0.3 is 0 Å². The van der Waals surface area contributed by atoms with Crippen LogP contribution in [0.2, 0.25) is 5.02 Å². The molecule has 130 valence electrons. The summed E-state index contributed by atoms with van der Waals surface area (Å²) < 4.78 is 5.38. The quantitative estimate of drug-likeness (QED) is 0.675. The number of amides is 1. The fourth-order valence-corrected chi connectivity index (χ4v) is 2.91. The van der Waals surface area contributed by atoms with E-state index < -0.39 is 0 Å². The normalized spacial score (nSPS) is 14.7. The molecule has 1 N–H and O–H groups in total. The van der Waals surface area contributed by atoms with Gasteiger partial charge in [-0.3, -0.25) is 4.79 Å². The lowest BCUT2D eigenvalue weighted by Crippen LogP contribution is -2.36. The van der Waals surface area contributed by atoms with Crippen LogP contribution in [-0.4, -0.2) is 38.4 Å². The second-order valence-corrected chi connectivity index (χ2v) is 6.23. The molecule has 0 aliphatic carbocycles. The van der Waals surface area contributed by atoms with E-state index in [-0.39, 0.29) is 5.91 Å². The number of ether oxygens (including phenoxy) is 1. The minimum atomic E-state index is -0.329. The lowest BCUT2D eigenvalue weighted by molar-refractivity contribution is 0.0955. The second kappa shape index (κ2) is 8.14. The number of anilines is 1. The van der Waals surface area contributed by atoms with E-state index in [1.807, 2.05) is 13.0 Å². The molecule has 0 atom stereocenters. The van der Waals surface area contributed by atoms with Gasteiger partial charge in [-0.05, 0) is 42.3 Å². The molecule has 5 nitrogen and oxygen atoms in total. The van der Waals surface area contributed by atoms with Gasteiger partial charge < -0.3 is 9.64 Å². The molecule has 25 heavy (non-hydrogen) atoms. The van der Waals surface area contributed by atoms with Crippen LogP contribution in [0.25, 0.3) is 0 Å². The molecule has 0 aromatic heterocycles. The molecule has 2 aromatic rings. The van der Waals surface area contributed by atoms with E-state index in [0.717, 1.165) is 37.4 Å². The lowest BCUT2D eigenvalue weighted by Gasteiger charge is -2.29. The van der Waals surface area contributed by atoms with Gasteiger partial charge in [0.2, 0.25) is 0 Å². The Morgan fingerprint density at radius 1 is 1.24 bits per heavy atom. The van der Waals surface area contributed by atoms with Crippen LogP contribution >= 0.6 is 11.6 Å². The molecule has 1 saturated heterocycles. The Morgan fingerprint density at radius 2 is 2.00 bits per heavy atom. The fraction of sp³-hybridized carbons (Fsp3) is 0.263. The van der Waals surface area contributed by atoms with Gasteiger partial charge in [-0.1, -0.05) is 29.8 Å². The van der Waals surface area contributed by atoms with Crippen molar-refractivity contribution in [1.82, 2.24) is 5.43 Å². The number of aryl methyl sites for hydroxylation is 1. The Balaban J connectivity index is 1.65. The zero-order valence-corrected chi connectivity index (χ0v) is 14.8. The van der Waals surface area contributed by atoms with Gasteiger partial charge in [-0.15, -0.1) is 0 Å². The lowest BCUT2D eigenvalue weighted by atomic mass is 10.1. The van der Waals surface area contributed by atoms with E-state index in [2.05, 4.69) is 27.6 Å². The first kappa shape index (κ1) is 17.5. The van der Waals surface area contributed by atoms with Gasteiger partial charge in [-0.2, -0.15) is 5.10 Å². The van der Waals surface area contributed by atoms with Crippen molar-refractivity contribution in [2.75, 3.05) is 31.2 Å². The van der Waals surface area contributed by atoms with Crippen molar-refractivity contribution in [1.29, 1.82) is 0 Å². The van der Waals surface area contributed by atoms with Crippen LogP contribution in [0.4, 0.5) is 5.69 Å². The monoisotopic (exact) mass is 357 g/mol. The third-order valence-electron chi connectivity index (χ3n) is 4.12. The van der Waals surface area contributed by atoms with Crippen molar-refractivity contribution < 1.29 is 9.53 Å². The number of rotatable bonds is 4. The number of nitrogens with zero attached hydrogens (tertiary/aromatic N) is 2. The first-order valence-electron chi connectivity index (χ1n) is 8.16. The van der Waals surface area contributed by atoms with Gasteiger partial charge in [0.1, 0.15) is 0 Å². The highest BCUT2D eigenvalue weighted by atomic mass is 35.5. The largest absolute Gasteiger partial charge is 0.378 e. The van der Waals surface area contributed by atoms with Crippen molar-refractivity contribution in [3.05, 3.63) is 64.2 Å². The summed E-state index contributed by atoms with van der Waals surface area (Å²) in [6.45, 7) is 5.36. The molecule has 1 fully saturated rings. The number of halogens is 1. The summed E-state index contributed by atoms with van der Waals surface area (Å²) in [4.78, 5) is 14.4. The third-order valence-corrected chi connectivity index (χ3v) is 4.45. The smallest absolute Gasteiger partial charge is 0.272 e. The average molecular weight is 358 g/mol. The molecule has 1 heterocycles. The van der Waals surface area contributed by atoms with Crippen molar-refractivity contribution in [3.63, 3.8) is 0 Å². The molecule has 0 spiro atoms. The van der Waals surface area contributed by atoms with E-state index in [4.69, 9.17) is 16.3 Å². The first-order chi connectivity index (χ1) is 12.1. The summed E-state index contributed by atoms with van der Waals surface area (Å²) in [6, 6.07) is 13.1. The zero-order valence-electron chi connectivity index (χ0n) is 14.0. The Labute approximate surface area is 152 Å². The SMILES string of the molecule is Cc1cc(N2CCOCC2)ccc1/C=N/NC(=O)c1ccccc1Cl. The Hall–Kier alpha value is -2.37. The fourth-order valence-electron chi connectivity index (χ4n) is 2.69. The summed E-state index contributed by atoms with van der Waals surface area (Å²) in [6.07, 6.45) is 1.65. The Kier molecular flexibility index (Phi) is 5.68. The van der Waals surface area contributed by atoms with Crippen molar-refractivity contribution in [2.45, 2.75) is 6.92 Å². The molecule has 3 rings (SSSR count). The predicted octanol–water partition coefficient (Wildman–Crippen LogP) is 3.25. The van der Waals surface area contributed by atoms with Crippen molar-refractivity contribution in [2.24, 2.45) is 5.10 Å². The topological polar surface area (TPSA) is 53.9 Å². The standard InChI is InChI=1S/C19H20ClN3O2/c1-14-12-16(23-8-10-25-11-9-23)7-6-15(14)13-21-22-19(24)17-4-2-3-5-18(17)20/h2-7,12-13H,8-11H2,1H3,(H,22,24)/b21-13+. The number of morpholine rings is 1. The molecule has 2 aromatic carbocycles. The third kappa shape index (κ3) is 4.38. The van der Waals surface area contributed by atoms with Crippen LogP contribution in [-0.2, 0) is 4.74 Å². The minimum absolute atomic E-state index is 0.329. The number of benzene rings is 2. The number of hydrogen-bond acceptors (Lipinski definition) is 4. The molecule has 1 aliphatic heterocycles. The average Bonchev–Trinajstić information content (AvgIpc) is 2.64. The summed E-state index contributed by atoms with van der Waals surface area (Å²) in [7, 11) is 0. The molecule has 1 amide bonds. The van der Waals surface area contributed by atoms with Gasteiger partial charge in [0.25, 0.3) is 5.91 Å². The van der Waals surface area contributed by atoms with E-state index in [9.17, 15) is 4.79 Å². The summed E-state index contributed by atoms with van der Waals surface area (Å²) >= 11 is 6.01. The van der Waals surface area contributed by atoms with Crippen LogP contribution in [0.3, 0.4) is 0 Å². The van der Waals surface area contributed by atoms with E-state index in [0.29, 0.717) is 10.6 Å². The predicted molar refractivity (Wildman–Crippen MR) is 101 cm³/mol. The summed E-state index contributed by atoms with van der Waals surface area (Å²) in [5.41, 5.74) is 6.15. The molecule has 1 aliphatic rings. The highest BCUT2D eigenvalue weighted by molar-refractivity contribution is 6.33. The number of carbonyl (C=O) groups excluding carboxylic acids is 1. The van der Waals surface area contributed by atoms with E-state index >= 15 is 0 Å². The van der Waals surface area contributed by atoms with Gasteiger partial charge in [-0.25, -0.2) is 5.43 Å². The highest BCUT2D eigenvalue weighted by Gasteiger charge is 2.12. The number of nitrogens with one attached hydrogen (secondary N) is 1. The van der Waals surface area contributed by atoms with Crippen LogP contribution in [0, 0.1) is 6.92 Å². The molecule has 0 unspecified atom stereocenters. The molecule has 6 heteroatoms. The summed E-state index contributed by atoms with van der Waals surface area (Å²) in [5.74, 6) is -0.329. The number of hydrazone groups is 1. The van der Waals surface area contributed by atoms with Crippen LogP contribution in [0.5, 0.6) is 0 Å². The maximum atomic E-state index is 12.1. The van der Waals surface area contributed by atoms with Crippen LogP contribution in [0.15, 0.2) is 47.6 Å². The van der Waals surface area contributed by atoms with E-state index in [1.165, 1.54) is 5.69 Å². The molecule has 0 saturated carbocycles. The highest BCUT2D eigenvalue weighted by Crippen LogP contribution is 2.19. The van der Waals surface area contributed by atoms with Gasteiger partial charge in [0.05, 0.1) is 30.0 Å². The van der Waals surface area contributed by atoms with Gasteiger partial charge in [0.15, 0.2) is 0 Å². The van der Waals surface area contributed by atoms with Crippen LogP contribution in [0.1, 0.15) is 21.5 Å². The van der Waals surface area contributed by atoms with Crippen molar-refractivity contribution in [3.8, 4) is 0 Å². The van der Waals surface area contributed by atoms with E-state index in [1.54, 1.807) is 30.5 Å². The molecular weight excluding hydrogens is 338 g/mol. The van der Waals surface area contributed by atoms with Gasteiger partial charge in [0, 0.05) is 18.8 Å². The molecule has 0 bridgehead atoms. The maximum absolute atomic E-state index is 12.1.